The zero-order valence-corrected chi connectivity index (χ0v) is 10.1. The maximum absolute atomic E-state index is 5.95. The van der Waals surface area contributed by atoms with Crippen LogP contribution in [0.3, 0.4) is 0 Å². The van der Waals surface area contributed by atoms with E-state index in [4.69, 9.17) is 5.73 Å². The molecule has 0 aromatic rings. The van der Waals surface area contributed by atoms with Gasteiger partial charge in [-0.05, 0) is 39.3 Å². The van der Waals surface area contributed by atoms with Gasteiger partial charge in [-0.15, -0.1) is 0 Å². The van der Waals surface area contributed by atoms with E-state index in [-0.39, 0.29) is 0 Å². The van der Waals surface area contributed by atoms with E-state index in [2.05, 4.69) is 25.9 Å². The van der Waals surface area contributed by atoms with Crippen molar-refractivity contribution in [2.45, 2.75) is 51.0 Å². The molecule has 1 aliphatic carbocycles. The monoisotopic (exact) mass is 198 g/mol. The minimum Gasteiger partial charge on any atom is -0.329 e. The lowest BCUT2D eigenvalue weighted by Gasteiger charge is -2.38. The minimum atomic E-state index is 0.296. The Kier molecular flexibility index (Phi) is 4.39. The smallest absolute Gasteiger partial charge is 0.0325 e. The summed E-state index contributed by atoms with van der Waals surface area (Å²) in [5.74, 6) is 0.948. The molecular weight excluding hydrogens is 172 g/mol. The summed E-state index contributed by atoms with van der Waals surface area (Å²) in [5, 5.41) is 0. The van der Waals surface area contributed by atoms with E-state index in [1.165, 1.54) is 38.5 Å². The van der Waals surface area contributed by atoms with Crippen LogP contribution < -0.4 is 5.73 Å². The number of rotatable bonds is 3. The molecule has 0 aliphatic heterocycles. The lowest BCUT2D eigenvalue weighted by atomic mass is 9.88. The molecule has 1 saturated carbocycles. The molecule has 14 heavy (non-hydrogen) atoms. The maximum atomic E-state index is 5.95. The molecule has 0 aromatic carbocycles. The molecule has 0 bridgehead atoms. The maximum Gasteiger partial charge on any atom is 0.0325 e. The van der Waals surface area contributed by atoms with Crippen molar-refractivity contribution in [2.24, 2.45) is 11.7 Å². The van der Waals surface area contributed by atoms with Crippen LogP contribution in [0.5, 0.6) is 0 Å². The molecule has 2 N–H and O–H groups in total. The van der Waals surface area contributed by atoms with Gasteiger partial charge in [-0.1, -0.05) is 26.2 Å². The van der Waals surface area contributed by atoms with Crippen molar-refractivity contribution in [1.82, 2.24) is 4.90 Å². The van der Waals surface area contributed by atoms with Crippen molar-refractivity contribution in [1.29, 1.82) is 0 Å². The normalized spacial score (nSPS) is 34.5. The molecule has 0 heterocycles. The van der Waals surface area contributed by atoms with Crippen molar-refractivity contribution in [2.75, 3.05) is 20.6 Å². The van der Waals surface area contributed by atoms with Crippen LogP contribution >= 0.6 is 0 Å². The number of nitrogens with two attached hydrogens (primary N) is 1. The van der Waals surface area contributed by atoms with E-state index >= 15 is 0 Å². The second kappa shape index (κ2) is 5.13. The van der Waals surface area contributed by atoms with Gasteiger partial charge in [-0.3, -0.25) is 0 Å². The number of hydrogen-bond donors (Lipinski definition) is 1. The second-order valence-electron chi connectivity index (χ2n) is 5.03. The highest BCUT2D eigenvalue weighted by Crippen LogP contribution is 2.34. The van der Waals surface area contributed by atoms with Crippen LogP contribution in [0.25, 0.3) is 0 Å². The summed E-state index contributed by atoms with van der Waals surface area (Å²) in [5.41, 5.74) is 6.25. The fourth-order valence-electron chi connectivity index (χ4n) is 2.70. The van der Waals surface area contributed by atoms with E-state index in [0.29, 0.717) is 5.54 Å². The summed E-state index contributed by atoms with van der Waals surface area (Å²) in [6.07, 6.45) is 8.04. The van der Waals surface area contributed by atoms with E-state index in [0.717, 1.165) is 12.5 Å². The highest BCUT2D eigenvalue weighted by Gasteiger charge is 2.33. The average Bonchev–Trinajstić information content (AvgIpc) is 2.40. The zero-order chi connectivity index (χ0) is 10.6. The Morgan fingerprint density at radius 1 is 1.29 bits per heavy atom. The summed E-state index contributed by atoms with van der Waals surface area (Å²) < 4.78 is 0. The van der Waals surface area contributed by atoms with Gasteiger partial charge in [0.15, 0.2) is 0 Å². The van der Waals surface area contributed by atoms with Crippen LogP contribution in [0, 0.1) is 5.92 Å². The molecule has 0 saturated heterocycles. The molecule has 0 amide bonds. The first-order valence-corrected chi connectivity index (χ1v) is 6.02. The van der Waals surface area contributed by atoms with Crippen LogP contribution in [0.2, 0.25) is 0 Å². The van der Waals surface area contributed by atoms with Crippen LogP contribution in [0.4, 0.5) is 0 Å². The summed E-state index contributed by atoms with van der Waals surface area (Å²) in [4.78, 5) is 2.35. The lowest BCUT2D eigenvalue weighted by Crippen LogP contribution is -2.49. The fraction of sp³-hybridized carbons (Fsp3) is 1.00. The Morgan fingerprint density at radius 2 is 2.00 bits per heavy atom. The number of hydrogen-bond acceptors (Lipinski definition) is 2. The molecule has 2 nitrogen and oxygen atoms in total. The van der Waals surface area contributed by atoms with Gasteiger partial charge in [0, 0.05) is 12.1 Å². The summed E-state index contributed by atoms with van der Waals surface area (Å²) in [6, 6.07) is 0. The van der Waals surface area contributed by atoms with E-state index in [1.807, 2.05) is 0 Å². The first-order chi connectivity index (χ1) is 6.64. The molecule has 2 heteroatoms. The Labute approximate surface area is 88.8 Å². The zero-order valence-electron chi connectivity index (χ0n) is 10.1. The van der Waals surface area contributed by atoms with Gasteiger partial charge in [0.25, 0.3) is 0 Å². The van der Waals surface area contributed by atoms with Crippen LogP contribution in [0.1, 0.15) is 45.4 Å². The Hall–Kier alpha value is -0.0800. The SMILES string of the molecule is CCC1CCCC(CN)(N(C)C)CC1. The quantitative estimate of drug-likeness (QED) is 0.705. The van der Waals surface area contributed by atoms with Crippen molar-refractivity contribution in [3.05, 3.63) is 0 Å². The summed E-state index contributed by atoms with van der Waals surface area (Å²) in [7, 11) is 4.36. The molecule has 2 unspecified atom stereocenters. The number of likely N-dealkylation sites (N-methyl/N-ethyl adjacent to an activating group) is 1. The van der Waals surface area contributed by atoms with Crippen molar-refractivity contribution in [3.63, 3.8) is 0 Å². The average molecular weight is 198 g/mol. The minimum absolute atomic E-state index is 0.296. The molecule has 0 radical (unpaired) electrons. The van der Waals surface area contributed by atoms with Crippen molar-refractivity contribution in [3.8, 4) is 0 Å². The second-order valence-corrected chi connectivity index (χ2v) is 5.03. The predicted octanol–water partition coefficient (Wildman–Crippen LogP) is 2.24. The molecule has 2 atom stereocenters. The third-order valence-corrected chi connectivity index (χ3v) is 4.18. The van der Waals surface area contributed by atoms with Gasteiger partial charge in [0.1, 0.15) is 0 Å². The first kappa shape index (κ1) is 12.0. The topological polar surface area (TPSA) is 29.3 Å². The third-order valence-electron chi connectivity index (χ3n) is 4.18. The Bertz CT molecular complexity index is 168. The first-order valence-electron chi connectivity index (χ1n) is 6.02. The highest BCUT2D eigenvalue weighted by atomic mass is 15.2. The van der Waals surface area contributed by atoms with Crippen LogP contribution in [-0.2, 0) is 0 Å². The van der Waals surface area contributed by atoms with Crippen LogP contribution in [-0.4, -0.2) is 31.1 Å². The van der Waals surface area contributed by atoms with Gasteiger partial charge < -0.3 is 10.6 Å². The standard InChI is InChI=1S/C12H26N2/c1-4-11-6-5-8-12(10-13,9-7-11)14(2)3/h11H,4-10,13H2,1-3H3. The molecular formula is C12H26N2. The van der Waals surface area contributed by atoms with Gasteiger partial charge >= 0.3 is 0 Å². The van der Waals surface area contributed by atoms with Crippen molar-refractivity contribution < 1.29 is 0 Å². The largest absolute Gasteiger partial charge is 0.329 e. The number of nitrogens with zero attached hydrogens (tertiary/aromatic N) is 1. The third kappa shape index (κ3) is 2.48. The molecule has 0 spiro atoms. The molecule has 84 valence electrons. The lowest BCUT2D eigenvalue weighted by molar-refractivity contribution is 0.136. The molecule has 1 aliphatic rings. The molecule has 0 aromatic heterocycles. The van der Waals surface area contributed by atoms with Gasteiger partial charge in [0.05, 0.1) is 0 Å². The van der Waals surface area contributed by atoms with Gasteiger partial charge in [-0.2, -0.15) is 0 Å². The Balaban J connectivity index is 2.61. The van der Waals surface area contributed by atoms with Crippen LogP contribution in [0.15, 0.2) is 0 Å². The molecule has 1 fully saturated rings. The van der Waals surface area contributed by atoms with Crippen molar-refractivity contribution >= 4 is 0 Å². The predicted molar refractivity (Wildman–Crippen MR) is 62.3 cm³/mol. The van der Waals surface area contributed by atoms with E-state index in [9.17, 15) is 0 Å². The van der Waals surface area contributed by atoms with Gasteiger partial charge in [0.2, 0.25) is 0 Å². The van der Waals surface area contributed by atoms with E-state index in [1.54, 1.807) is 0 Å². The summed E-state index contributed by atoms with van der Waals surface area (Å²) >= 11 is 0. The van der Waals surface area contributed by atoms with Gasteiger partial charge in [-0.25, -0.2) is 0 Å². The highest BCUT2D eigenvalue weighted by molar-refractivity contribution is 4.91. The Morgan fingerprint density at radius 3 is 2.50 bits per heavy atom. The fourth-order valence-corrected chi connectivity index (χ4v) is 2.70. The molecule has 1 rings (SSSR count). The summed E-state index contributed by atoms with van der Waals surface area (Å²) in [6.45, 7) is 3.13. The van der Waals surface area contributed by atoms with E-state index < -0.39 is 0 Å².